The van der Waals surface area contributed by atoms with Gasteiger partial charge in [-0.1, -0.05) is 44.2 Å². The van der Waals surface area contributed by atoms with Crippen LogP contribution < -0.4 is 16.4 Å². The number of ether oxygens (including phenoxy) is 1. The molecule has 0 atom stereocenters. The molecule has 0 aromatic heterocycles. The summed E-state index contributed by atoms with van der Waals surface area (Å²) in [4.78, 5) is 49.8. The second-order valence-corrected chi connectivity index (χ2v) is 8.30. The Labute approximate surface area is 203 Å². The third kappa shape index (κ3) is 6.11. The molecule has 0 unspecified atom stereocenters. The van der Waals surface area contributed by atoms with E-state index in [-0.39, 0.29) is 23.0 Å². The summed E-state index contributed by atoms with van der Waals surface area (Å²) < 4.78 is 4.95. The van der Waals surface area contributed by atoms with Crippen LogP contribution in [0.25, 0.3) is 11.1 Å². The number of carbonyl (C=O) groups is 4. The first-order valence-corrected chi connectivity index (χ1v) is 11.0. The van der Waals surface area contributed by atoms with Crippen molar-refractivity contribution in [1.82, 2.24) is 5.32 Å². The number of nitrogens with one attached hydrogen (secondary N) is 2. The number of hydrogen-bond donors (Lipinski definition) is 3. The summed E-state index contributed by atoms with van der Waals surface area (Å²) in [5.74, 6) is -1.73. The van der Waals surface area contributed by atoms with Crippen molar-refractivity contribution in [2.75, 3.05) is 19.0 Å². The number of rotatable bonds is 8. The van der Waals surface area contributed by atoms with E-state index in [2.05, 4.69) is 10.6 Å². The number of carbonyl (C=O) groups excluding carboxylic acids is 4. The van der Waals surface area contributed by atoms with Crippen molar-refractivity contribution in [1.29, 1.82) is 0 Å². The van der Waals surface area contributed by atoms with Crippen LogP contribution in [-0.2, 0) is 4.74 Å². The van der Waals surface area contributed by atoms with Crippen LogP contribution in [0.3, 0.4) is 0 Å². The van der Waals surface area contributed by atoms with E-state index >= 15 is 0 Å². The van der Waals surface area contributed by atoms with Crippen LogP contribution >= 0.6 is 0 Å². The molecule has 35 heavy (non-hydrogen) atoms. The fourth-order valence-corrected chi connectivity index (χ4v) is 3.46. The van der Waals surface area contributed by atoms with E-state index < -0.39 is 17.8 Å². The zero-order chi connectivity index (χ0) is 25.5. The van der Waals surface area contributed by atoms with Gasteiger partial charge in [-0.05, 0) is 53.4 Å². The molecular formula is C27H27N3O5. The van der Waals surface area contributed by atoms with Gasteiger partial charge in [-0.3, -0.25) is 14.4 Å². The third-order valence-electron chi connectivity index (χ3n) is 5.22. The van der Waals surface area contributed by atoms with Gasteiger partial charge in [0.2, 0.25) is 5.91 Å². The lowest BCUT2D eigenvalue weighted by molar-refractivity contribution is 0.0601. The number of hydrogen-bond acceptors (Lipinski definition) is 5. The first-order chi connectivity index (χ1) is 16.7. The van der Waals surface area contributed by atoms with Gasteiger partial charge in [-0.15, -0.1) is 0 Å². The van der Waals surface area contributed by atoms with E-state index in [1.54, 1.807) is 54.6 Å². The second-order valence-electron chi connectivity index (χ2n) is 8.30. The van der Waals surface area contributed by atoms with Crippen molar-refractivity contribution in [3.63, 3.8) is 0 Å². The summed E-state index contributed by atoms with van der Waals surface area (Å²) in [6.45, 7) is 4.46. The zero-order valence-electron chi connectivity index (χ0n) is 19.8. The topological polar surface area (TPSA) is 128 Å². The number of esters is 1. The summed E-state index contributed by atoms with van der Waals surface area (Å²) in [6.07, 6.45) is 0. The molecule has 180 valence electrons. The van der Waals surface area contributed by atoms with Gasteiger partial charge in [-0.25, -0.2) is 4.79 Å². The fourth-order valence-electron chi connectivity index (χ4n) is 3.46. The maximum absolute atomic E-state index is 13.2. The van der Waals surface area contributed by atoms with Gasteiger partial charge < -0.3 is 21.1 Å². The highest BCUT2D eigenvalue weighted by Crippen LogP contribution is 2.29. The summed E-state index contributed by atoms with van der Waals surface area (Å²) >= 11 is 0. The Balaban J connectivity index is 2.00. The van der Waals surface area contributed by atoms with E-state index in [1.165, 1.54) is 19.2 Å². The quantitative estimate of drug-likeness (QED) is 0.428. The van der Waals surface area contributed by atoms with Crippen molar-refractivity contribution in [2.24, 2.45) is 11.7 Å². The number of benzene rings is 3. The van der Waals surface area contributed by atoms with Crippen LogP contribution in [0.2, 0.25) is 0 Å². The number of anilines is 1. The Bertz CT molecular complexity index is 1280. The number of primary amides is 1. The molecule has 8 heteroatoms. The lowest BCUT2D eigenvalue weighted by Crippen LogP contribution is -2.27. The van der Waals surface area contributed by atoms with E-state index in [0.29, 0.717) is 34.5 Å². The zero-order valence-corrected chi connectivity index (χ0v) is 19.8. The van der Waals surface area contributed by atoms with Gasteiger partial charge >= 0.3 is 5.97 Å². The predicted octanol–water partition coefficient (Wildman–Crippen LogP) is 3.88. The van der Waals surface area contributed by atoms with Crippen LogP contribution in [0.1, 0.15) is 55.3 Å². The van der Waals surface area contributed by atoms with Gasteiger partial charge in [0, 0.05) is 28.9 Å². The molecule has 3 amide bonds. The monoisotopic (exact) mass is 473 g/mol. The summed E-state index contributed by atoms with van der Waals surface area (Å²) in [7, 11) is 1.25. The Morgan fingerprint density at radius 1 is 0.829 bits per heavy atom. The molecule has 0 fully saturated rings. The third-order valence-corrected chi connectivity index (χ3v) is 5.22. The molecule has 0 bridgehead atoms. The van der Waals surface area contributed by atoms with Crippen molar-refractivity contribution in [3.8, 4) is 11.1 Å². The maximum atomic E-state index is 13.2. The van der Waals surface area contributed by atoms with Crippen molar-refractivity contribution in [2.45, 2.75) is 13.8 Å². The minimum atomic E-state index is -0.636. The lowest BCUT2D eigenvalue weighted by atomic mass is 9.93. The molecule has 4 N–H and O–H groups in total. The minimum absolute atomic E-state index is 0.153. The fraction of sp³-hybridized carbons (Fsp3) is 0.185. The molecule has 0 saturated carbocycles. The molecule has 0 radical (unpaired) electrons. The molecule has 0 aliphatic heterocycles. The molecule has 8 nitrogen and oxygen atoms in total. The first kappa shape index (κ1) is 25.2. The molecular weight excluding hydrogens is 446 g/mol. The Hall–Kier alpha value is -4.46. The molecule has 0 aliphatic carbocycles. The molecule has 3 rings (SSSR count). The van der Waals surface area contributed by atoms with Gasteiger partial charge in [-0.2, -0.15) is 0 Å². The van der Waals surface area contributed by atoms with Gasteiger partial charge in [0.05, 0.1) is 12.7 Å². The predicted molar refractivity (Wildman–Crippen MR) is 133 cm³/mol. The van der Waals surface area contributed by atoms with E-state index in [9.17, 15) is 19.2 Å². The Kier molecular flexibility index (Phi) is 7.99. The number of amides is 3. The van der Waals surface area contributed by atoms with Crippen molar-refractivity contribution >= 4 is 29.4 Å². The smallest absolute Gasteiger partial charge is 0.338 e. The highest BCUT2D eigenvalue weighted by Gasteiger charge is 2.21. The van der Waals surface area contributed by atoms with Crippen LogP contribution in [0.15, 0.2) is 66.7 Å². The average Bonchev–Trinajstić information content (AvgIpc) is 2.86. The molecule has 0 heterocycles. The standard InChI is InChI=1S/C27H27N3O5/c1-16(2)15-29-25(32)18-11-12-21(23(14-18)27(34)35-3)20-9-4-5-10-22(20)26(33)30-19-8-6-7-17(13-19)24(28)31/h4-14,16H,15H2,1-3H3,(H2,28,31)(H,29,32)(H,30,33). The lowest BCUT2D eigenvalue weighted by Gasteiger charge is -2.15. The van der Waals surface area contributed by atoms with Crippen LogP contribution in [0.5, 0.6) is 0 Å². The second kappa shape index (κ2) is 11.1. The number of methoxy groups -OCH3 is 1. The molecule has 0 spiro atoms. The summed E-state index contributed by atoms with van der Waals surface area (Å²) in [5, 5.41) is 5.58. The van der Waals surface area contributed by atoms with Crippen LogP contribution in [0, 0.1) is 5.92 Å². The summed E-state index contributed by atoms with van der Waals surface area (Å²) in [5.41, 5.74) is 7.65. The highest BCUT2D eigenvalue weighted by atomic mass is 16.5. The van der Waals surface area contributed by atoms with Gasteiger partial charge in [0.1, 0.15) is 0 Å². The van der Waals surface area contributed by atoms with Gasteiger partial charge in [0.25, 0.3) is 11.8 Å². The maximum Gasteiger partial charge on any atom is 0.338 e. The number of nitrogens with two attached hydrogens (primary N) is 1. The normalized spacial score (nSPS) is 10.5. The summed E-state index contributed by atoms with van der Waals surface area (Å²) in [6, 6.07) is 17.7. The van der Waals surface area contributed by atoms with Gasteiger partial charge in [0.15, 0.2) is 0 Å². The Morgan fingerprint density at radius 2 is 1.54 bits per heavy atom. The minimum Gasteiger partial charge on any atom is -0.465 e. The van der Waals surface area contributed by atoms with Crippen molar-refractivity contribution in [3.05, 3.63) is 89.0 Å². The molecule has 0 aliphatic rings. The average molecular weight is 474 g/mol. The van der Waals surface area contributed by atoms with Crippen molar-refractivity contribution < 1.29 is 23.9 Å². The highest BCUT2D eigenvalue weighted by molar-refractivity contribution is 6.11. The molecule has 0 saturated heterocycles. The molecule has 3 aromatic carbocycles. The first-order valence-electron chi connectivity index (χ1n) is 11.0. The van der Waals surface area contributed by atoms with E-state index in [4.69, 9.17) is 10.5 Å². The van der Waals surface area contributed by atoms with E-state index in [1.807, 2.05) is 13.8 Å². The molecule has 3 aromatic rings. The van der Waals surface area contributed by atoms with Crippen LogP contribution in [0.4, 0.5) is 5.69 Å². The Morgan fingerprint density at radius 3 is 2.23 bits per heavy atom. The van der Waals surface area contributed by atoms with E-state index in [0.717, 1.165) is 0 Å². The van der Waals surface area contributed by atoms with Crippen LogP contribution in [-0.4, -0.2) is 37.3 Å². The largest absolute Gasteiger partial charge is 0.465 e. The SMILES string of the molecule is COC(=O)c1cc(C(=O)NCC(C)C)ccc1-c1ccccc1C(=O)Nc1cccc(C(N)=O)c1.